The molecule has 0 bridgehead atoms. The monoisotopic (exact) mass is 371 g/mol. The number of nitrogens with zero attached hydrogens (tertiary/aromatic N) is 5. The van der Waals surface area contributed by atoms with Crippen molar-refractivity contribution < 1.29 is 0 Å². The van der Waals surface area contributed by atoms with E-state index >= 15 is 0 Å². The molecule has 3 heterocycles. The van der Waals surface area contributed by atoms with Gasteiger partial charge < -0.3 is 16.4 Å². The number of hydrogen-bond acceptors (Lipinski definition) is 7. The molecule has 1 aliphatic heterocycles. The fraction of sp³-hybridized carbons (Fsp3) is 0.238. The molecular formula is C21H21N7. The van der Waals surface area contributed by atoms with E-state index in [1.165, 1.54) is 22.5 Å². The Labute approximate surface area is 162 Å². The van der Waals surface area contributed by atoms with Crippen molar-refractivity contribution in [2.75, 3.05) is 11.5 Å². The highest BCUT2D eigenvalue weighted by Gasteiger charge is 2.25. The Balaban J connectivity index is 1.58. The van der Waals surface area contributed by atoms with Gasteiger partial charge in [0.05, 0.1) is 18.4 Å². The van der Waals surface area contributed by atoms with Crippen molar-refractivity contribution in [3.05, 3.63) is 70.9 Å². The first kappa shape index (κ1) is 16.7. The van der Waals surface area contributed by atoms with E-state index < -0.39 is 0 Å². The second-order valence-corrected chi connectivity index (χ2v) is 7.13. The molecule has 7 nitrogen and oxygen atoms in total. The molecule has 140 valence electrons. The fourth-order valence-corrected chi connectivity index (χ4v) is 4.00. The van der Waals surface area contributed by atoms with E-state index in [2.05, 4.69) is 56.3 Å². The highest BCUT2D eigenvalue weighted by atomic mass is 15.2. The second kappa shape index (κ2) is 6.60. The zero-order valence-corrected chi connectivity index (χ0v) is 15.5. The van der Waals surface area contributed by atoms with Crippen molar-refractivity contribution in [2.24, 2.45) is 0 Å². The first-order valence-electron chi connectivity index (χ1n) is 9.43. The van der Waals surface area contributed by atoms with Crippen LogP contribution in [0.3, 0.4) is 0 Å². The third kappa shape index (κ3) is 2.85. The molecule has 7 heteroatoms. The van der Waals surface area contributed by atoms with Crippen LogP contribution in [0.15, 0.2) is 65.2 Å². The lowest BCUT2D eigenvalue weighted by Crippen LogP contribution is -2.25. The van der Waals surface area contributed by atoms with E-state index in [1.54, 1.807) is 6.20 Å². The first-order valence-corrected chi connectivity index (χ1v) is 9.43. The molecule has 0 saturated heterocycles. The molecule has 0 radical (unpaired) electrons. The van der Waals surface area contributed by atoms with E-state index in [0.29, 0.717) is 17.7 Å². The molecule has 5 rings (SSSR count). The van der Waals surface area contributed by atoms with Crippen LogP contribution < -0.4 is 11.5 Å². The van der Waals surface area contributed by atoms with Gasteiger partial charge in [0.25, 0.3) is 0 Å². The van der Waals surface area contributed by atoms with Crippen LogP contribution in [0, 0.1) is 0 Å². The zero-order valence-electron chi connectivity index (χ0n) is 15.5. The predicted molar refractivity (Wildman–Crippen MR) is 109 cm³/mol. The SMILES string of the molecule is Nc1nc(N)c2nc(CN3C4=CC=CCC4=CCC4=C3CC=CC4)cnc2n1. The summed E-state index contributed by atoms with van der Waals surface area (Å²) in [5, 5.41) is 0. The van der Waals surface area contributed by atoms with Crippen molar-refractivity contribution in [3.63, 3.8) is 0 Å². The molecule has 0 atom stereocenters. The minimum absolute atomic E-state index is 0.109. The van der Waals surface area contributed by atoms with E-state index in [9.17, 15) is 0 Å². The molecule has 2 aliphatic carbocycles. The van der Waals surface area contributed by atoms with Gasteiger partial charge >= 0.3 is 0 Å². The standard InChI is InChI=1S/C21H21N7/c22-19-18-20(27-21(23)26-19)24-11-15(25-18)12-28-16-7-3-1-5-13(16)9-10-14-6-2-4-8-17(14)28/h1-4,7,9,11H,5-6,8,10,12H2,(H4,22,23,24,26,27). The maximum absolute atomic E-state index is 6.00. The van der Waals surface area contributed by atoms with Crippen LogP contribution >= 0.6 is 0 Å². The van der Waals surface area contributed by atoms with Crippen LogP contribution in [0.25, 0.3) is 11.2 Å². The molecule has 4 N–H and O–H groups in total. The number of hydrogen-bond donors (Lipinski definition) is 2. The summed E-state index contributed by atoms with van der Waals surface area (Å²) >= 11 is 0. The zero-order chi connectivity index (χ0) is 19.1. The topological polar surface area (TPSA) is 107 Å². The van der Waals surface area contributed by atoms with Crippen LogP contribution in [0.1, 0.15) is 31.4 Å². The Hall–Kier alpha value is -3.48. The van der Waals surface area contributed by atoms with E-state index in [-0.39, 0.29) is 11.8 Å². The fourth-order valence-electron chi connectivity index (χ4n) is 4.00. The van der Waals surface area contributed by atoms with E-state index in [0.717, 1.165) is 31.4 Å². The minimum Gasteiger partial charge on any atom is -0.382 e. The molecular weight excluding hydrogens is 350 g/mol. The third-order valence-electron chi connectivity index (χ3n) is 5.34. The maximum Gasteiger partial charge on any atom is 0.224 e. The van der Waals surface area contributed by atoms with Gasteiger partial charge in [0.1, 0.15) is 0 Å². The van der Waals surface area contributed by atoms with Crippen molar-refractivity contribution in [2.45, 2.75) is 32.2 Å². The lowest BCUT2D eigenvalue weighted by Gasteiger charge is -2.32. The summed E-state index contributed by atoms with van der Waals surface area (Å²) in [7, 11) is 0. The van der Waals surface area contributed by atoms with Gasteiger partial charge in [-0.1, -0.05) is 30.4 Å². The van der Waals surface area contributed by atoms with Gasteiger partial charge in [-0.05, 0) is 36.5 Å². The number of nitrogen functional groups attached to an aromatic ring is 2. The Morgan fingerprint density at radius 1 is 0.964 bits per heavy atom. The van der Waals surface area contributed by atoms with E-state index in [4.69, 9.17) is 16.5 Å². The molecule has 0 saturated carbocycles. The van der Waals surface area contributed by atoms with Crippen LogP contribution in [-0.2, 0) is 6.54 Å². The highest BCUT2D eigenvalue weighted by molar-refractivity contribution is 5.81. The van der Waals surface area contributed by atoms with Gasteiger partial charge in [0.15, 0.2) is 17.0 Å². The number of allylic oxidation sites excluding steroid dienone is 8. The van der Waals surface area contributed by atoms with Crippen molar-refractivity contribution >= 4 is 22.9 Å². The summed E-state index contributed by atoms with van der Waals surface area (Å²) in [4.78, 5) is 19.6. The predicted octanol–water partition coefficient (Wildman–Crippen LogP) is 3.16. The molecule has 2 aromatic rings. The smallest absolute Gasteiger partial charge is 0.224 e. The lowest BCUT2D eigenvalue weighted by molar-refractivity contribution is 0.406. The molecule has 0 fully saturated rings. The Kier molecular flexibility index (Phi) is 3.93. The molecule has 3 aliphatic rings. The number of nitrogens with two attached hydrogens (primary N) is 2. The van der Waals surface area contributed by atoms with Gasteiger partial charge in [-0.25, -0.2) is 9.97 Å². The van der Waals surface area contributed by atoms with E-state index in [1.807, 2.05) is 0 Å². The second-order valence-electron chi connectivity index (χ2n) is 7.13. The summed E-state index contributed by atoms with van der Waals surface area (Å²) in [6, 6.07) is 0. The molecule has 2 aromatic heterocycles. The first-order chi connectivity index (χ1) is 13.7. The van der Waals surface area contributed by atoms with Gasteiger partial charge in [0.2, 0.25) is 5.95 Å². The Morgan fingerprint density at radius 3 is 2.79 bits per heavy atom. The highest BCUT2D eigenvalue weighted by Crippen LogP contribution is 2.37. The summed E-state index contributed by atoms with van der Waals surface area (Å²) in [6.45, 7) is 0.621. The molecule has 0 unspecified atom stereocenters. The average Bonchev–Trinajstić information content (AvgIpc) is 2.86. The van der Waals surface area contributed by atoms with Crippen LogP contribution in [0.2, 0.25) is 0 Å². The Bertz CT molecular complexity index is 1120. The number of aromatic nitrogens is 4. The Morgan fingerprint density at radius 2 is 1.86 bits per heavy atom. The molecule has 28 heavy (non-hydrogen) atoms. The van der Waals surface area contributed by atoms with Crippen molar-refractivity contribution in [1.82, 2.24) is 24.8 Å². The number of rotatable bonds is 2. The summed E-state index contributed by atoms with van der Waals surface area (Å²) in [5.74, 6) is 0.367. The normalized spacial score (nSPS) is 18.5. The van der Waals surface area contributed by atoms with Crippen LogP contribution in [0.5, 0.6) is 0 Å². The van der Waals surface area contributed by atoms with Gasteiger partial charge in [0, 0.05) is 17.8 Å². The maximum atomic E-state index is 6.00. The average molecular weight is 371 g/mol. The summed E-state index contributed by atoms with van der Waals surface area (Å²) in [5.41, 5.74) is 18.8. The van der Waals surface area contributed by atoms with Crippen molar-refractivity contribution in [3.8, 4) is 0 Å². The lowest BCUT2D eigenvalue weighted by atomic mass is 9.99. The van der Waals surface area contributed by atoms with Gasteiger partial charge in [-0.3, -0.25) is 0 Å². The molecule has 0 aromatic carbocycles. The quantitative estimate of drug-likeness (QED) is 0.781. The third-order valence-corrected chi connectivity index (χ3v) is 5.34. The number of fused-ring (bicyclic) bond motifs is 2. The van der Waals surface area contributed by atoms with Crippen LogP contribution in [0.4, 0.5) is 11.8 Å². The summed E-state index contributed by atoms with van der Waals surface area (Å²) < 4.78 is 0. The van der Waals surface area contributed by atoms with Gasteiger partial charge in [-0.15, -0.1) is 0 Å². The number of anilines is 2. The largest absolute Gasteiger partial charge is 0.382 e. The van der Waals surface area contributed by atoms with Crippen molar-refractivity contribution in [1.29, 1.82) is 0 Å². The molecule has 0 amide bonds. The van der Waals surface area contributed by atoms with Gasteiger partial charge in [-0.2, -0.15) is 9.97 Å². The minimum atomic E-state index is 0.109. The molecule has 0 spiro atoms. The van der Waals surface area contributed by atoms with Crippen LogP contribution in [-0.4, -0.2) is 24.8 Å². The summed E-state index contributed by atoms with van der Waals surface area (Å²) in [6.07, 6.45) is 19.0.